The normalized spacial score (nSPS) is 12.8. The Bertz CT molecular complexity index is 485. The number of amides is 1. The Balaban J connectivity index is 1.89. The van der Waals surface area contributed by atoms with E-state index in [0.29, 0.717) is 0 Å². The molecule has 0 saturated heterocycles. The molecule has 88 valence electrons. The molecule has 2 aromatic heterocycles. The van der Waals surface area contributed by atoms with Crippen molar-refractivity contribution < 1.29 is 9.21 Å². The van der Waals surface area contributed by atoms with Crippen LogP contribution in [0.5, 0.6) is 0 Å². The number of furan rings is 1. The third kappa shape index (κ3) is 3.32. The van der Waals surface area contributed by atoms with E-state index in [1.54, 1.807) is 29.7 Å². The second kappa shape index (κ2) is 5.50. The van der Waals surface area contributed by atoms with Gasteiger partial charge in [-0.25, -0.2) is 0 Å². The van der Waals surface area contributed by atoms with Gasteiger partial charge in [-0.15, -0.1) is 11.3 Å². The summed E-state index contributed by atoms with van der Waals surface area (Å²) < 4.78 is 5.21. The van der Waals surface area contributed by atoms with Crippen molar-refractivity contribution in [3.05, 3.63) is 52.6 Å². The number of hydrogen-bond donors (Lipinski definition) is 1. The lowest BCUT2D eigenvalue weighted by Crippen LogP contribution is -2.24. The number of rotatable bonds is 4. The zero-order valence-electron chi connectivity index (χ0n) is 9.42. The Morgan fingerprint density at radius 1 is 1.47 bits per heavy atom. The van der Waals surface area contributed by atoms with Crippen LogP contribution in [0.3, 0.4) is 0 Å². The highest BCUT2D eigenvalue weighted by atomic mass is 32.1. The van der Waals surface area contributed by atoms with Gasteiger partial charge >= 0.3 is 0 Å². The first-order valence-corrected chi connectivity index (χ1v) is 6.19. The molecule has 1 unspecified atom stereocenters. The SMILES string of the molecule is CC(NC(=O)/C=C/c1cccs1)c1ccco1. The van der Waals surface area contributed by atoms with Gasteiger partial charge in [0, 0.05) is 11.0 Å². The Hall–Kier alpha value is -1.81. The highest BCUT2D eigenvalue weighted by Gasteiger charge is 2.09. The van der Waals surface area contributed by atoms with E-state index in [0.717, 1.165) is 10.6 Å². The standard InChI is InChI=1S/C13H13NO2S/c1-10(12-5-2-8-16-12)14-13(15)7-6-11-4-3-9-17-11/h2-10H,1H3,(H,14,15)/b7-6+. The van der Waals surface area contributed by atoms with Gasteiger partial charge in [0.2, 0.25) is 5.91 Å². The lowest BCUT2D eigenvalue weighted by molar-refractivity contribution is -0.117. The van der Waals surface area contributed by atoms with Gasteiger partial charge in [0.25, 0.3) is 0 Å². The maximum Gasteiger partial charge on any atom is 0.244 e. The molecule has 0 aromatic carbocycles. The predicted molar refractivity (Wildman–Crippen MR) is 68.6 cm³/mol. The molecular formula is C13H13NO2S. The predicted octanol–water partition coefficient (Wildman–Crippen LogP) is 3.23. The fourth-order valence-electron chi connectivity index (χ4n) is 1.41. The molecule has 0 radical (unpaired) electrons. The van der Waals surface area contributed by atoms with Crippen LogP contribution in [0.15, 0.2) is 46.4 Å². The van der Waals surface area contributed by atoms with E-state index in [9.17, 15) is 4.79 Å². The lowest BCUT2D eigenvalue weighted by Gasteiger charge is -2.08. The van der Waals surface area contributed by atoms with Gasteiger partial charge in [-0.1, -0.05) is 6.07 Å². The van der Waals surface area contributed by atoms with Crippen molar-refractivity contribution in [2.45, 2.75) is 13.0 Å². The van der Waals surface area contributed by atoms with Crippen LogP contribution in [0.1, 0.15) is 23.6 Å². The Morgan fingerprint density at radius 2 is 2.35 bits per heavy atom. The van der Waals surface area contributed by atoms with Gasteiger partial charge < -0.3 is 9.73 Å². The number of nitrogens with one attached hydrogen (secondary N) is 1. The molecular weight excluding hydrogens is 234 g/mol. The van der Waals surface area contributed by atoms with E-state index in [1.807, 2.05) is 30.5 Å². The second-order valence-electron chi connectivity index (χ2n) is 3.59. The first kappa shape index (κ1) is 11.7. The Morgan fingerprint density at radius 3 is 3.00 bits per heavy atom. The maximum absolute atomic E-state index is 11.6. The zero-order valence-corrected chi connectivity index (χ0v) is 10.2. The van der Waals surface area contributed by atoms with Crippen molar-refractivity contribution in [2.75, 3.05) is 0 Å². The van der Waals surface area contributed by atoms with Crippen LogP contribution in [-0.4, -0.2) is 5.91 Å². The van der Waals surface area contributed by atoms with E-state index in [1.165, 1.54) is 6.08 Å². The Labute approximate surface area is 104 Å². The minimum Gasteiger partial charge on any atom is -0.467 e. The molecule has 0 fully saturated rings. The Kier molecular flexibility index (Phi) is 3.77. The third-order valence-corrected chi connectivity index (χ3v) is 3.11. The number of thiophene rings is 1. The van der Waals surface area contributed by atoms with Gasteiger partial charge in [-0.3, -0.25) is 4.79 Å². The van der Waals surface area contributed by atoms with E-state index in [2.05, 4.69) is 5.32 Å². The monoisotopic (exact) mass is 247 g/mol. The smallest absolute Gasteiger partial charge is 0.244 e. The largest absolute Gasteiger partial charge is 0.467 e. The number of hydrogen-bond acceptors (Lipinski definition) is 3. The minimum atomic E-state index is -0.123. The van der Waals surface area contributed by atoms with E-state index in [4.69, 9.17) is 4.42 Å². The van der Waals surface area contributed by atoms with Crippen molar-refractivity contribution in [3.63, 3.8) is 0 Å². The highest BCUT2D eigenvalue weighted by molar-refractivity contribution is 7.10. The molecule has 3 nitrogen and oxygen atoms in total. The van der Waals surface area contributed by atoms with E-state index < -0.39 is 0 Å². The fraction of sp³-hybridized carbons (Fsp3) is 0.154. The van der Waals surface area contributed by atoms with Crippen LogP contribution in [0.25, 0.3) is 6.08 Å². The van der Waals surface area contributed by atoms with Crippen molar-refractivity contribution in [2.24, 2.45) is 0 Å². The van der Waals surface area contributed by atoms with Crippen LogP contribution in [0.2, 0.25) is 0 Å². The summed E-state index contributed by atoms with van der Waals surface area (Å²) in [5.74, 6) is 0.630. The molecule has 17 heavy (non-hydrogen) atoms. The van der Waals surface area contributed by atoms with Crippen LogP contribution in [-0.2, 0) is 4.79 Å². The molecule has 0 saturated carbocycles. The van der Waals surface area contributed by atoms with Crippen LogP contribution in [0, 0.1) is 0 Å². The number of carbonyl (C=O) groups excluding carboxylic acids is 1. The molecule has 0 bridgehead atoms. The molecule has 0 aliphatic heterocycles. The summed E-state index contributed by atoms with van der Waals surface area (Å²) >= 11 is 1.60. The van der Waals surface area contributed by atoms with Crippen molar-refractivity contribution in [1.82, 2.24) is 5.32 Å². The lowest BCUT2D eigenvalue weighted by atomic mass is 10.2. The summed E-state index contributed by atoms with van der Waals surface area (Å²) in [7, 11) is 0. The fourth-order valence-corrected chi connectivity index (χ4v) is 2.03. The van der Waals surface area contributed by atoms with E-state index >= 15 is 0 Å². The molecule has 2 rings (SSSR count). The van der Waals surface area contributed by atoms with Gasteiger partial charge in [0.15, 0.2) is 0 Å². The van der Waals surface area contributed by atoms with E-state index in [-0.39, 0.29) is 11.9 Å². The molecule has 1 atom stereocenters. The summed E-state index contributed by atoms with van der Waals surface area (Å²) in [6, 6.07) is 7.44. The third-order valence-electron chi connectivity index (χ3n) is 2.27. The summed E-state index contributed by atoms with van der Waals surface area (Å²) in [6.45, 7) is 1.88. The van der Waals surface area contributed by atoms with Gasteiger partial charge in [-0.05, 0) is 36.6 Å². The maximum atomic E-state index is 11.6. The summed E-state index contributed by atoms with van der Waals surface area (Å²) in [5, 5.41) is 4.81. The van der Waals surface area contributed by atoms with Crippen molar-refractivity contribution in [1.29, 1.82) is 0 Å². The minimum absolute atomic E-state index is 0.120. The van der Waals surface area contributed by atoms with Crippen LogP contribution >= 0.6 is 11.3 Å². The molecule has 4 heteroatoms. The molecule has 1 amide bonds. The number of carbonyl (C=O) groups is 1. The first-order chi connectivity index (χ1) is 8.25. The van der Waals surface area contributed by atoms with Gasteiger partial charge in [-0.2, -0.15) is 0 Å². The van der Waals surface area contributed by atoms with Gasteiger partial charge in [0.1, 0.15) is 5.76 Å². The van der Waals surface area contributed by atoms with Crippen molar-refractivity contribution in [3.8, 4) is 0 Å². The first-order valence-electron chi connectivity index (χ1n) is 5.31. The quantitative estimate of drug-likeness (QED) is 0.843. The van der Waals surface area contributed by atoms with Crippen LogP contribution in [0.4, 0.5) is 0 Å². The highest BCUT2D eigenvalue weighted by Crippen LogP contribution is 2.13. The zero-order chi connectivity index (χ0) is 12.1. The molecule has 2 heterocycles. The average Bonchev–Trinajstić information content (AvgIpc) is 2.99. The van der Waals surface area contributed by atoms with Gasteiger partial charge in [0.05, 0.1) is 12.3 Å². The summed E-state index contributed by atoms with van der Waals surface area (Å²) in [4.78, 5) is 12.7. The average molecular weight is 247 g/mol. The molecule has 0 aliphatic rings. The summed E-state index contributed by atoms with van der Waals surface area (Å²) in [5.41, 5.74) is 0. The molecule has 0 aliphatic carbocycles. The molecule has 1 N–H and O–H groups in total. The summed E-state index contributed by atoms with van der Waals surface area (Å²) in [6.07, 6.45) is 4.93. The van der Waals surface area contributed by atoms with Crippen molar-refractivity contribution >= 4 is 23.3 Å². The molecule has 2 aromatic rings. The molecule has 0 spiro atoms. The topological polar surface area (TPSA) is 42.2 Å². The van der Waals surface area contributed by atoms with Crippen LogP contribution < -0.4 is 5.32 Å². The second-order valence-corrected chi connectivity index (χ2v) is 4.57.